The number of halogens is 2. The zero-order chi connectivity index (χ0) is 15.5. The molecule has 2 rings (SSSR count). The summed E-state index contributed by atoms with van der Waals surface area (Å²) in [6.07, 6.45) is 0. The highest BCUT2D eigenvalue weighted by Gasteiger charge is 2.27. The third-order valence-corrected chi connectivity index (χ3v) is 4.39. The minimum atomic E-state index is -4.44. The van der Waals surface area contributed by atoms with Gasteiger partial charge in [0.1, 0.15) is 11.6 Å². The lowest BCUT2D eigenvalue weighted by Crippen LogP contribution is -2.32. The lowest BCUT2D eigenvalue weighted by atomic mass is 10.1. The number of nitrogens with one attached hydrogen (secondary N) is 1. The van der Waals surface area contributed by atoms with Gasteiger partial charge < -0.3 is 5.11 Å². The van der Waals surface area contributed by atoms with E-state index in [4.69, 9.17) is 0 Å². The predicted molar refractivity (Wildman–Crippen MR) is 72.9 cm³/mol. The van der Waals surface area contributed by atoms with Crippen LogP contribution in [0.25, 0.3) is 0 Å². The van der Waals surface area contributed by atoms with Crippen LogP contribution in [0.15, 0.2) is 53.4 Å². The molecule has 1 atom stereocenters. The molecule has 112 valence electrons. The summed E-state index contributed by atoms with van der Waals surface area (Å²) in [5.41, 5.74) is 0.486. The average molecular weight is 313 g/mol. The molecule has 0 spiro atoms. The Hall–Kier alpha value is -1.83. The van der Waals surface area contributed by atoms with E-state index in [0.29, 0.717) is 5.56 Å². The maximum absolute atomic E-state index is 13.6. The largest absolute Gasteiger partial charge is 0.394 e. The van der Waals surface area contributed by atoms with Crippen molar-refractivity contribution < 1.29 is 22.3 Å². The smallest absolute Gasteiger partial charge is 0.247 e. The molecule has 0 aliphatic heterocycles. The Bertz CT molecular complexity index is 700. The molecule has 21 heavy (non-hydrogen) atoms. The molecule has 0 saturated carbocycles. The Balaban J connectivity index is 2.37. The van der Waals surface area contributed by atoms with Crippen LogP contribution in [0.4, 0.5) is 8.78 Å². The van der Waals surface area contributed by atoms with Crippen LogP contribution in [0.1, 0.15) is 11.6 Å². The number of benzene rings is 2. The van der Waals surface area contributed by atoms with Crippen molar-refractivity contribution in [3.63, 3.8) is 0 Å². The molecule has 2 aromatic carbocycles. The standard InChI is InChI=1S/C14H13F2NO3S/c15-11-7-4-8-12(16)14(11)21(19,20)17-13(9-18)10-5-2-1-3-6-10/h1-8,13,17-18H,9H2/t13-/m0/s1. The normalized spacial score (nSPS) is 13.1. The molecular weight excluding hydrogens is 300 g/mol. The summed E-state index contributed by atoms with van der Waals surface area (Å²) in [6, 6.07) is 10.0. The van der Waals surface area contributed by atoms with Crippen LogP contribution in [0, 0.1) is 11.6 Å². The molecular formula is C14H13F2NO3S. The summed E-state index contributed by atoms with van der Waals surface area (Å²) >= 11 is 0. The summed E-state index contributed by atoms with van der Waals surface area (Å²) in [7, 11) is -4.44. The van der Waals surface area contributed by atoms with E-state index < -0.39 is 39.2 Å². The predicted octanol–water partition coefficient (Wildman–Crippen LogP) is 1.98. The van der Waals surface area contributed by atoms with Gasteiger partial charge in [-0.05, 0) is 17.7 Å². The van der Waals surface area contributed by atoms with Crippen LogP contribution < -0.4 is 4.72 Å². The highest BCUT2D eigenvalue weighted by molar-refractivity contribution is 7.89. The third kappa shape index (κ3) is 3.44. The Kier molecular flexibility index (Phi) is 4.66. The van der Waals surface area contributed by atoms with Gasteiger partial charge >= 0.3 is 0 Å². The lowest BCUT2D eigenvalue weighted by Gasteiger charge is -2.17. The van der Waals surface area contributed by atoms with Gasteiger partial charge in [-0.3, -0.25) is 0 Å². The molecule has 0 fully saturated rings. The molecule has 4 nitrogen and oxygen atoms in total. The van der Waals surface area contributed by atoms with Crippen molar-refractivity contribution in [2.75, 3.05) is 6.61 Å². The number of sulfonamides is 1. The average Bonchev–Trinajstić information content (AvgIpc) is 2.45. The van der Waals surface area contributed by atoms with Crippen molar-refractivity contribution >= 4 is 10.0 Å². The first-order valence-corrected chi connectivity index (χ1v) is 7.56. The van der Waals surface area contributed by atoms with Crippen LogP contribution in [-0.2, 0) is 10.0 Å². The van der Waals surface area contributed by atoms with Gasteiger partial charge in [0.25, 0.3) is 0 Å². The van der Waals surface area contributed by atoms with Crippen LogP contribution in [0.3, 0.4) is 0 Å². The second kappa shape index (κ2) is 6.30. The molecule has 0 heterocycles. The first-order chi connectivity index (χ1) is 9.95. The van der Waals surface area contributed by atoms with Crippen LogP contribution in [0.5, 0.6) is 0 Å². The van der Waals surface area contributed by atoms with Crippen molar-refractivity contribution in [2.45, 2.75) is 10.9 Å². The first-order valence-electron chi connectivity index (χ1n) is 6.08. The van der Waals surface area contributed by atoms with Crippen molar-refractivity contribution in [1.82, 2.24) is 4.72 Å². The summed E-state index contributed by atoms with van der Waals surface area (Å²) in [4.78, 5) is -1.06. The van der Waals surface area contributed by atoms with Crippen LogP contribution in [0.2, 0.25) is 0 Å². The molecule has 7 heteroatoms. The van der Waals surface area contributed by atoms with Gasteiger partial charge in [0.15, 0.2) is 4.90 Å². The lowest BCUT2D eigenvalue weighted by molar-refractivity contribution is 0.258. The molecule has 0 bridgehead atoms. The number of aliphatic hydroxyl groups excluding tert-OH is 1. The SMILES string of the molecule is O=S(=O)(N[C@@H](CO)c1ccccc1)c1c(F)cccc1F. The van der Waals surface area contributed by atoms with Crippen molar-refractivity contribution in [3.8, 4) is 0 Å². The Morgan fingerprint density at radius 3 is 2.10 bits per heavy atom. The van der Waals surface area contributed by atoms with E-state index in [1.54, 1.807) is 30.3 Å². The van der Waals surface area contributed by atoms with Gasteiger partial charge in [-0.1, -0.05) is 36.4 Å². The van der Waals surface area contributed by atoms with Crippen LogP contribution in [-0.4, -0.2) is 20.1 Å². The number of rotatable bonds is 5. The summed E-state index contributed by atoms with van der Waals surface area (Å²) in [6.45, 7) is -0.542. The Labute approximate surface area is 121 Å². The van der Waals surface area contributed by atoms with Crippen molar-refractivity contribution in [2.24, 2.45) is 0 Å². The van der Waals surface area contributed by atoms with E-state index in [-0.39, 0.29) is 0 Å². The van der Waals surface area contributed by atoms with E-state index in [0.717, 1.165) is 18.2 Å². The van der Waals surface area contributed by atoms with Crippen LogP contribution >= 0.6 is 0 Å². The van der Waals surface area contributed by atoms with Gasteiger partial charge in [0.05, 0.1) is 12.6 Å². The third-order valence-electron chi connectivity index (χ3n) is 2.87. The highest BCUT2D eigenvalue weighted by Crippen LogP contribution is 2.21. The summed E-state index contributed by atoms with van der Waals surface area (Å²) < 4.78 is 53.5. The molecule has 0 aliphatic carbocycles. The van der Waals surface area contributed by atoms with Gasteiger partial charge in [0, 0.05) is 0 Å². The van der Waals surface area contributed by atoms with E-state index in [2.05, 4.69) is 4.72 Å². The van der Waals surface area contributed by atoms with Gasteiger partial charge in [0.2, 0.25) is 10.0 Å². The molecule has 2 N–H and O–H groups in total. The molecule has 0 radical (unpaired) electrons. The number of hydrogen-bond donors (Lipinski definition) is 2. The number of aliphatic hydroxyl groups is 1. The fourth-order valence-electron chi connectivity index (χ4n) is 1.88. The fourth-order valence-corrected chi connectivity index (χ4v) is 3.23. The first kappa shape index (κ1) is 15.6. The molecule has 0 saturated heterocycles. The van der Waals surface area contributed by atoms with Crippen molar-refractivity contribution in [1.29, 1.82) is 0 Å². The quantitative estimate of drug-likeness (QED) is 0.887. The highest BCUT2D eigenvalue weighted by atomic mass is 32.2. The van der Waals surface area contributed by atoms with E-state index in [9.17, 15) is 22.3 Å². The second-order valence-electron chi connectivity index (χ2n) is 4.32. The maximum atomic E-state index is 13.6. The molecule has 0 unspecified atom stereocenters. The maximum Gasteiger partial charge on any atom is 0.247 e. The summed E-state index contributed by atoms with van der Waals surface area (Å²) in [5, 5.41) is 9.31. The van der Waals surface area contributed by atoms with E-state index in [1.165, 1.54) is 0 Å². The topological polar surface area (TPSA) is 66.4 Å². The Morgan fingerprint density at radius 2 is 1.57 bits per heavy atom. The van der Waals surface area contributed by atoms with E-state index >= 15 is 0 Å². The zero-order valence-electron chi connectivity index (χ0n) is 10.8. The summed E-state index contributed by atoms with van der Waals surface area (Å²) in [5.74, 6) is -2.38. The van der Waals surface area contributed by atoms with E-state index in [1.807, 2.05) is 0 Å². The van der Waals surface area contributed by atoms with Gasteiger partial charge in [-0.25, -0.2) is 21.9 Å². The molecule has 0 aliphatic rings. The molecule has 0 amide bonds. The minimum absolute atomic E-state index is 0.486. The Morgan fingerprint density at radius 1 is 1.00 bits per heavy atom. The minimum Gasteiger partial charge on any atom is -0.394 e. The second-order valence-corrected chi connectivity index (χ2v) is 5.97. The fraction of sp³-hybridized carbons (Fsp3) is 0.143. The molecule has 0 aromatic heterocycles. The molecule has 2 aromatic rings. The zero-order valence-corrected chi connectivity index (χ0v) is 11.6. The number of hydrogen-bond acceptors (Lipinski definition) is 3. The monoisotopic (exact) mass is 313 g/mol. The van der Waals surface area contributed by atoms with Gasteiger partial charge in [-0.2, -0.15) is 0 Å². The van der Waals surface area contributed by atoms with Crippen molar-refractivity contribution in [3.05, 3.63) is 65.7 Å². The van der Waals surface area contributed by atoms with Gasteiger partial charge in [-0.15, -0.1) is 0 Å².